The molecule has 0 bridgehead atoms. The summed E-state index contributed by atoms with van der Waals surface area (Å²) in [6, 6.07) is 16.2. The molecule has 1 amide bonds. The molecule has 9 nitrogen and oxygen atoms in total. The highest BCUT2D eigenvalue weighted by atomic mass is 127. The summed E-state index contributed by atoms with van der Waals surface area (Å²) in [6.07, 6.45) is 3.56. The van der Waals surface area contributed by atoms with Crippen molar-refractivity contribution < 1.29 is 36.7 Å². The van der Waals surface area contributed by atoms with Gasteiger partial charge in [0.2, 0.25) is 5.91 Å². The molecule has 1 heterocycles. The number of hydrogen-bond donors (Lipinski definition) is 1. The number of nitrogens with one attached hydrogen (secondary N) is 1. The Morgan fingerprint density at radius 3 is 2.50 bits per heavy atom. The van der Waals surface area contributed by atoms with Crippen LogP contribution in [0.2, 0.25) is 0 Å². The van der Waals surface area contributed by atoms with Gasteiger partial charge in [0.05, 0.1) is 23.9 Å². The molecule has 5 rings (SSSR count). The van der Waals surface area contributed by atoms with E-state index in [0.717, 1.165) is 35.3 Å². The van der Waals surface area contributed by atoms with E-state index in [4.69, 9.17) is 9.57 Å². The van der Waals surface area contributed by atoms with Crippen LogP contribution >= 0.6 is 22.6 Å². The number of hydrogen-bond acceptors (Lipinski definition) is 7. The number of fused-ring (bicyclic) bond motifs is 1. The molecule has 14 heteroatoms. The molecule has 0 saturated heterocycles. The Hall–Kier alpha value is -4.21. The van der Waals surface area contributed by atoms with Crippen molar-refractivity contribution in [3.8, 4) is 11.8 Å². The van der Waals surface area contributed by atoms with Gasteiger partial charge in [-0.1, -0.05) is 49.3 Å². The topological polar surface area (TPSA) is 104 Å². The number of halogens is 5. The number of rotatable bonds is 13. The first-order chi connectivity index (χ1) is 23.1. The molecular formula is C34H35F4IN4O5. The molecule has 1 aromatic heterocycles. The van der Waals surface area contributed by atoms with E-state index in [1.807, 2.05) is 32.0 Å². The summed E-state index contributed by atoms with van der Waals surface area (Å²) in [5, 5.41) is 6.65. The van der Waals surface area contributed by atoms with Gasteiger partial charge >= 0.3 is 6.61 Å². The highest BCUT2D eigenvalue weighted by molar-refractivity contribution is 14.1. The van der Waals surface area contributed by atoms with Gasteiger partial charge in [-0.15, -0.1) is 0 Å². The number of ether oxygens (including phenoxy) is 2. The first kappa shape index (κ1) is 36.6. The lowest BCUT2D eigenvalue weighted by molar-refractivity contribution is -0.119. The third kappa shape index (κ3) is 10.4. The number of carbonyl (C=O) groups is 1. The van der Waals surface area contributed by atoms with E-state index in [2.05, 4.69) is 42.8 Å². The summed E-state index contributed by atoms with van der Waals surface area (Å²) in [6.45, 7) is 2.20. The van der Waals surface area contributed by atoms with E-state index in [0.29, 0.717) is 41.7 Å². The number of oxime groups is 1. The molecule has 1 fully saturated rings. The number of amidine groups is 1. The molecular weight excluding hydrogens is 747 g/mol. The van der Waals surface area contributed by atoms with Crippen LogP contribution in [0.3, 0.4) is 0 Å². The average Bonchev–Trinajstić information content (AvgIpc) is 3.89. The molecule has 4 aromatic rings. The molecule has 1 aliphatic rings. The van der Waals surface area contributed by atoms with E-state index in [-0.39, 0.29) is 24.5 Å². The standard InChI is InChI=1S/C20H18F4N2O3.C14H17IN2O2/c21-14-8-9-15(29-20(23)24)17(18(14)22)19(26-28-11-13-6-7-13)25-16(27)10-12-4-2-1-3-5-12;1-3-7-17-13(18)11-9-10(15)5-6-12(11)16-14(17)19-8-4-2/h1-5,8-9,13,20H,6-7,10-11H2,(H,25,26,27);5-6,9H,3-4,7-8H2,1-2H3. The fourth-order valence-electron chi connectivity index (χ4n) is 4.43. The van der Waals surface area contributed by atoms with Crippen LogP contribution < -0.4 is 20.3 Å². The number of alkyl halides is 2. The maximum Gasteiger partial charge on any atom is 0.387 e. The summed E-state index contributed by atoms with van der Waals surface area (Å²) in [5.74, 6) is -4.34. The zero-order chi connectivity index (χ0) is 34.6. The van der Waals surface area contributed by atoms with Gasteiger partial charge in [-0.25, -0.2) is 8.78 Å². The largest absolute Gasteiger partial charge is 0.465 e. The van der Waals surface area contributed by atoms with Crippen molar-refractivity contribution in [1.82, 2.24) is 14.9 Å². The fourth-order valence-corrected chi connectivity index (χ4v) is 4.92. The van der Waals surface area contributed by atoms with Crippen LogP contribution in [-0.2, 0) is 22.6 Å². The SMILES string of the molecule is CCCOc1nc2ccc(I)cc2c(=O)n1CCC.O=C(Cc1ccccc1)N/C(=N/OCC1CC1)c1c(OC(F)F)ccc(F)c1F. The van der Waals surface area contributed by atoms with Gasteiger partial charge in [-0.3, -0.25) is 14.2 Å². The van der Waals surface area contributed by atoms with E-state index in [1.165, 1.54) is 0 Å². The lowest BCUT2D eigenvalue weighted by Crippen LogP contribution is -2.34. The molecule has 0 aliphatic heterocycles. The van der Waals surface area contributed by atoms with Crippen molar-refractivity contribution in [3.05, 3.63) is 97.3 Å². The van der Waals surface area contributed by atoms with Gasteiger partial charge in [-0.2, -0.15) is 13.8 Å². The fraction of sp³-hybridized carbons (Fsp3) is 0.353. The zero-order valence-corrected chi connectivity index (χ0v) is 28.5. The summed E-state index contributed by atoms with van der Waals surface area (Å²) >= 11 is 2.20. The Bertz CT molecular complexity index is 1790. The Morgan fingerprint density at radius 1 is 1.08 bits per heavy atom. The van der Waals surface area contributed by atoms with Crippen LogP contribution in [0, 0.1) is 21.1 Å². The lowest BCUT2D eigenvalue weighted by Gasteiger charge is -2.15. The summed E-state index contributed by atoms with van der Waals surface area (Å²) in [7, 11) is 0. The van der Waals surface area contributed by atoms with E-state index in [1.54, 1.807) is 34.9 Å². The van der Waals surface area contributed by atoms with Crippen molar-refractivity contribution in [2.45, 2.75) is 59.1 Å². The quantitative estimate of drug-likeness (QED) is 0.0506. The van der Waals surface area contributed by atoms with Crippen LogP contribution in [0.15, 0.2) is 70.6 Å². The minimum atomic E-state index is -3.28. The molecule has 0 radical (unpaired) electrons. The van der Waals surface area contributed by atoms with E-state index >= 15 is 0 Å². The average molecular weight is 783 g/mol. The predicted octanol–water partition coefficient (Wildman–Crippen LogP) is 7.21. The molecule has 0 spiro atoms. The molecule has 3 aromatic carbocycles. The van der Waals surface area contributed by atoms with Crippen LogP contribution in [0.4, 0.5) is 17.6 Å². The van der Waals surface area contributed by atoms with Crippen LogP contribution in [0.5, 0.6) is 11.8 Å². The second-order valence-corrected chi connectivity index (χ2v) is 12.1. The van der Waals surface area contributed by atoms with Gasteiger partial charge < -0.3 is 19.6 Å². The second kappa shape index (κ2) is 17.8. The number of nitrogens with zero attached hydrogens (tertiary/aromatic N) is 3. The molecule has 0 unspecified atom stereocenters. The Labute approximate surface area is 288 Å². The highest BCUT2D eigenvalue weighted by Gasteiger charge is 2.26. The Balaban J connectivity index is 0.000000237. The van der Waals surface area contributed by atoms with Gasteiger partial charge in [0.15, 0.2) is 17.5 Å². The van der Waals surface area contributed by atoms with Crippen LogP contribution in [-0.4, -0.2) is 41.1 Å². The number of benzene rings is 3. The zero-order valence-electron chi connectivity index (χ0n) is 26.4. The van der Waals surface area contributed by atoms with Crippen molar-refractivity contribution in [2.24, 2.45) is 11.1 Å². The minimum Gasteiger partial charge on any atom is -0.465 e. The molecule has 256 valence electrons. The maximum atomic E-state index is 14.5. The second-order valence-electron chi connectivity index (χ2n) is 10.9. The smallest absolute Gasteiger partial charge is 0.387 e. The maximum absolute atomic E-state index is 14.5. The number of carbonyl (C=O) groups excluding carboxylic acids is 1. The molecule has 1 aliphatic carbocycles. The van der Waals surface area contributed by atoms with Crippen LogP contribution in [0.1, 0.15) is 50.7 Å². The number of amides is 1. The van der Waals surface area contributed by atoms with Crippen molar-refractivity contribution >= 4 is 45.2 Å². The first-order valence-electron chi connectivity index (χ1n) is 15.4. The third-order valence-electron chi connectivity index (χ3n) is 6.90. The summed E-state index contributed by atoms with van der Waals surface area (Å²) < 4.78 is 66.2. The predicted molar refractivity (Wildman–Crippen MR) is 181 cm³/mol. The first-order valence-corrected chi connectivity index (χ1v) is 16.5. The molecule has 1 saturated carbocycles. The Kier molecular flexibility index (Phi) is 13.6. The lowest BCUT2D eigenvalue weighted by atomic mass is 10.1. The van der Waals surface area contributed by atoms with E-state index in [9.17, 15) is 27.2 Å². The van der Waals surface area contributed by atoms with Crippen molar-refractivity contribution in [1.29, 1.82) is 0 Å². The van der Waals surface area contributed by atoms with Crippen molar-refractivity contribution in [2.75, 3.05) is 13.2 Å². The van der Waals surface area contributed by atoms with Gasteiger partial charge in [0.1, 0.15) is 17.9 Å². The third-order valence-corrected chi connectivity index (χ3v) is 7.57. The molecule has 1 N–H and O–H groups in total. The van der Waals surface area contributed by atoms with E-state index < -0.39 is 41.3 Å². The Morgan fingerprint density at radius 2 is 1.83 bits per heavy atom. The summed E-state index contributed by atoms with van der Waals surface area (Å²) in [5.41, 5.74) is 0.592. The number of aromatic nitrogens is 2. The summed E-state index contributed by atoms with van der Waals surface area (Å²) in [4.78, 5) is 34.5. The molecule has 48 heavy (non-hydrogen) atoms. The van der Waals surface area contributed by atoms with Crippen molar-refractivity contribution in [3.63, 3.8) is 0 Å². The van der Waals surface area contributed by atoms with Gasteiger partial charge in [0, 0.05) is 10.1 Å². The van der Waals surface area contributed by atoms with Crippen LogP contribution in [0.25, 0.3) is 10.9 Å². The van der Waals surface area contributed by atoms with Gasteiger partial charge in [-0.05, 0) is 90.1 Å². The normalized spacial score (nSPS) is 12.8. The monoisotopic (exact) mass is 782 g/mol. The minimum absolute atomic E-state index is 0.0172. The highest BCUT2D eigenvalue weighted by Crippen LogP contribution is 2.30. The van der Waals surface area contributed by atoms with Gasteiger partial charge in [0.25, 0.3) is 11.6 Å². The molecule has 0 atom stereocenters.